The van der Waals surface area contributed by atoms with Crippen molar-refractivity contribution in [3.8, 4) is 22.3 Å². The number of anilines is 2. The average Bonchev–Trinajstić information content (AvgIpc) is 3.67. The van der Waals surface area contributed by atoms with Gasteiger partial charge in [0.15, 0.2) is 0 Å². The van der Waals surface area contributed by atoms with Gasteiger partial charge in [-0.15, -0.1) is 0 Å². The first kappa shape index (κ1) is 26.3. The second kappa shape index (κ2) is 9.46. The molecule has 0 radical (unpaired) electrons. The number of hydrogen-bond donors (Lipinski definition) is 1. The van der Waals surface area contributed by atoms with Crippen LogP contribution in [0.15, 0.2) is 126 Å². The number of rotatable bonds is 4. The SMILES string of the molecule is CC(C)c1ccc2c(c1)C1(c3ccccc3-c3ccc(Nc4ccc5c(c4)oc4ccccc45)cc31)c1cc(C(C)C)ccc1-2. The molecule has 0 atom stereocenters. The number of benzene rings is 6. The lowest BCUT2D eigenvalue weighted by atomic mass is 9.69. The van der Waals surface area contributed by atoms with Gasteiger partial charge in [0.2, 0.25) is 0 Å². The van der Waals surface area contributed by atoms with Gasteiger partial charge in [-0.25, -0.2) is 0 Å². The van der Waals surface area contributed by atoms with Crippen LogP contribution in [0, 0.1) is 0 Å². The van der Waals surface area contributed by atoms with Crippen LogP contribution in [-0.4, -0.2) is 0 Å². The van der Waals surface area contributed by atoms with Crippen LogP contribution in [-0.2, 0) is 5.41 Å². The van der Waals surface area contributed by atoms with E-state index in [1.54, 1.807) is 0 Å². The van der Waals surface area contributed by atoms with Crippen LogP contribution < -0.4 is 5.32 Å². The summed E-state index contributed by atoms with van der Waals surface area (Å²) in [6.07, 6.45) is 0. The fourth-order valence-corrected chi connectivity index (χ4v) is 7.99. The Bertz CT molecular complexity index is 2260. The number of nitrogens with one attached hydrogen (secondary N) is 1. The van der Waals surface area contributed by atoms with Crippen molar-refractivity contribution in [3.63, 3.8) is 0 Å². The molecule has 2 aliphatic carbocycles. The van der Waals surface area contributed by atoms with Crippen molar-refractivity contribution in [2.45, 2.75) is 44.9 Å². The molecule has 0 saturated heterocycles. The summed E-state index contributed by atoms with van der Waals surface area (Å²) in [7, 11) is 0. The minimum absolute atomic E-state index is 0.382. The highest BCUT2D eigenvalue weighted by Gasteiger charge is 2.52. The summed E-state index contributed by atoms with van der Waals surface area (Å²) in [6.45, 7) is 9.19. The number of para-hydroxylation sites is 1. The van der Waals surface area contributed by atoms with Crippen molar-refractivity contribution in [1.29, 1.82) is 0 Å². The summed E-state index contributed by atoms with van der Waals surface area (Å²) in [4.78, 5) is 0. The van der Waals surface area contributed by atoms with E-state index >= 15 is 0 Å². The molecule has 0 fully saturated rings. The van der Waals surface area contributed by atoms with Gasteiger partial charge in [-0.3, -0.25) is 0 Å². The maximum atomic E-state index is 6.22. The van der Waals surface area contributed by atoms with E-state index < -0.39 is 0 Å². The van der Waals surface area contributed by atoms with E-state index in [4.69, 9.17) is 4.42 Å². The molecule has 218 valence electrons. The zero-order chi connectivity index (χ0) is 30.4. The molecule has 1 heterocycles. The summed E-state index contributed by atoms with van der Waals surface area (Å²) in [5.74, 6) is 0.888. The first-order valence-corrected chi connectivity index (χ1v) is 16.2. The Labute approximate surface area is 264 Å². The van der Waals surface area contributed by atoms with Crippen LogP contribution in [0.5, 0.6) is 0 Å². The van der Waals surface area contributed by atoms with Gasteiger partial charge < -0.3 is 9.73 Å². The van der Waals surface area contributed by atoms with E-state index in [0.717, 1.165) is 33.3 Å². The molecule has 45 heavy (non-hydrogen) atoms. The Morgan fingerprint density at radius 2 is 1.00 bits per heavy atom. The maximum absolute atomic E-state index is 6.22. The Hall–Kier alpha value is -5.08. The third kappa shape index (κ3) is 3.63. The quantitative estimate of drug-likeness (QED) is 0.224. The van der Waals surface area contributed by atoms with Crippen molar-refractivity contribution in [3.05, 3.63) is 155 Å². The van der Waals surface area contributed by atoms with Crippen LogP contribution in [0.3, 0.4) is 0 Å². The molecule has 2 heteroatoms. The Balaban J connectivity index is 1.27. The standard InChI is InChI=1S/C43H35NO/c1-25(2)27-13-17-32-33-18-14-28(26(3)4)22-39(33)43(38(32)21-27)37-11-7-5-9-31(37)34-19-15-29(23-40(34)43)44-30-16-20-36-35-10-6-8-12-41(35)45-42(36)24-30/h5-26,44H,1-4H3. The smallest absolute Gasteiger partial charge is 0.137 e. The zero-order valence-electron chi connectivity index (χ0n) is 26.1. The Morgan fingerprint density at radius 1 is 0.467 bits per heavy atom. The van der Waals surface area contributed by atoms with Crippen molar-refractivity contribution < 1.29 is 4.42 Å². The fourth-order valence-electron chi connectivity index (χ4n) is 7.99. The largest absolute Gasteiger partial charge is 0.456 e. The third-order valence-corrected chi connectivity index (χ3v) is 10.2. The highest BCUT2D eigenvalue weighted by Crippen LogP contribution is 2.63. The molecule has 9 rings (SSSR count). The first-order valence-electron chi connectivity index (χ1n) is 16.2. The molecule has 6 aromatic carbocycles. The van der Waals surface area contributed by atoms with Gasteiger partial charge in [-0.05, 0) is 97.8 Å². The van der Waals surface area contributed by atoms with Gasteiger partial charge in [-0.2, -0.15) is 0 Å². The van der Waals surface area contributed by atoms with Crippen molar-refractivity contribution in [1.82, 2.24) is 0 Å². The van der Waals surface area contributed by atoms with Gasteiger partial charge in [-0.1, -0.05) is 113 Å². The number of furan rings is 1. The first-order chi connectivity index (χ1) is 21.9. The highest BCUT2D eigenvalue weighted by atomic mass is 16.3. The van der Waals surface area contributed by atoms with E-state index in [-0.39, 0.29) is 5.41 Å². The molecule has 1 spiro atoms. The van der Waals surface area contributed by atoms with Gasteiger partial charge >= 0.3 is 0 Å². The number of fused-ring (bicyclic) bond motifs is 13. The van der Waals surface area contributed by atoms with E-state index in [9.17, 15) is 0 Å². The summed E-state index contributed by atoms with van der Waals surface area (Å²) >= 11 is 0. The topological polar surface area (TPSA) is 25.2 Å². The maximum Gasteiger partial charge on any atom is 0.137 e. The molecule has 1 N–H and O–H groups in total. The van der Waals surface area contributed by atoms with Crippen LogP contribution in [0.4, 0.5) is 11.4 Å². The predicted molar refractivity (Wildman–Crippen MR) is 188 cm³/mol. The van der Waals surface area contributed by atoms with Gasteiger partial charge in [0.1, 0.15) is 11.2 Å². The molecule has 0 bridgehead atoms. The molecule has 0 amide bonds. The van der Waals surface area contributed by atoms with Crippen molar-refractivity contribution >= 4 is 33.3 Å². The molecule has 2 nitrogen and oxygen atoms in total. The summed E-state index contributed by atoms with van der Waals surface area (Å²) in [6, 6.07) is 45.1. The van der Waals surface area contributed by atoms with Crippen LogP contribution in [0.25, 0.3) is 44.2 Å². The summed E-state index contributed by atoms with van der Waals surface area (Å²) in [5.41, 5.74) is 17.1. The molecular formula is C43H35NO. The van der Waals surface area contributed by atoms with Crippen LogP contribution >= 0.6 is 0 Å². The predicted octanol–water partition coefficient (Wildman–Crippen LogP) is 11.9. The van der Waals surface area contributed by atoms with Gasteiger partial charge in [0.05, 0.1) is 5.41 Å². The lowest BCUT2D eigenvalue weighted by molar-refractivity contribution is 0.669. The third-order valence-electron chi connectivity index (χ3n) is 10.2. The molecule has 2 aliphatic rings. The monoisotopic (exact) mass is 581 g/mol. The van der Waals surface area contributed by atoms with Crippen LogP contribution in [0.1, 0.15) is 72.9 Å². The molecule has 7 aromatic rings. The molecule has 1 aromatic heterocycles. The van der Waals surface area contributed by atoms with Gasteiger partial charge in [0, 0.05) is 28.2 Å². The average molecular weight is 582 g/mol. The minimum Gasteiger partial charge on any atom is -0.456 e. The second-order valence-corrected chi connectivity index (χ2v) is 13.4. The zero-order valence-corrected chi connectivity index (χ0v) is 26.1. The molecule has 0 saturated carbocycles. The van der Waals surface area contributed by atoms with E-state index in [1.165, 1.54) is 55.6 Å². The summed E-state index contributed by atoms with van der Waals surface area (Å²) in [5, 5.41) is 6.04. The van der Waals surface area contributed by atoms with E-state index in [2.05, 4.69) is 142 Å². The highest BCUT2D eigenvalue weighted by molar-refractivity contribution is 6.06. The Kier molecular flexibility index (Phi) is 5.54. The van der Waals surface area contributed by atoms with E-state index in [0.29, 0.717) is 11.8 Å². The minimum atomic E-state index is -0.382. The lowest BCUT2D eigenvalue weighted by Gasteiger charge is -2.31. The molecular weight excluding hydrogens is 546 g/mol. The molecule has 0 aliphatic heterocycles. The Morgan fingerprint density at radius 3 is 1.71 bits per heavy atom. The number of hydrogen-bond acceptors (Lipinski definition) is 2. The van der Waals surface area contributed by atoms with Crippen molar-refractivity contribution in [2.75, 3.05) is 5.32 Å². The van der Waals surface area contributed by atoms with Crippen molar-refractivity contribution in [2.24, 2.45) is 0 Å². The summed E-state index contributed by atoms with van der Waals surface area (Å²) < 4.78 is 6.22. The van der Waals surface area contributed by atoms with Gasteiger partial charge in [0.25, 0.3) is 0 Å². The lowest BCUT2D eigenvalue weighted by Crippen LogP contribution is -2.26. The van der Waals surface area contributed by atoms with E-state index in [1.807, 2.05) is 12.1 Å². The fraction of sp³-hybridized carbons (Fsp3) is 0.163. The normalized spacial score (nSPS) is 13.9. The van der Waals surface area contributed by atoms with Crippen LogP contribution in [0.2, 0.25) is 0 Å². The second-order valence-electron chi connectivity index (χ2n) is 13.4. The molecule has 0 unspecified atom stereocenters.